The van der Waals surface area contributed by atoms with Crippen LogP contribution in [0.1, 0.15) is 18.1 Å². The van der Waals surface area contributed by atoms with E-state index in [1.165, 1.54) is 6.33 Å². The third-order valence-electron chi connectivity index (χ3n) is 3.41. The zero-order valence-corrected chi connectivity index (χ0v) is 12.8. The van der Waals surface area contributed by atoms with Crippen molar-refractivity contribution < 1.29 is 4.79 Å². The van der Waals surface area contributed by atoms with Gasteiger partial charge in [-0.25, -0.2) is 4.68 Å². The zero-order valence-electron chi connectivity index (χ0n) is 12.8. The van der Waals surface area contributed by atoms with Crippen molar-refractivity contribution in [3.05, 3.63) is 54.1 Å². The molecule has 8 heteroatoms. The molecule has 3 aromatic rings. The first-order chi connectivity index (χ1) is 11.2. The molecule has 1 N–H and O–H groups in total. The van der Waals surface area contributed by atoms with E-state index in [0.29, 0.717) is 13.0 Å². The molecule has 0 saturated heterocycles. The van der Waals surface area contributed by atoms with Crippen LogP contribution in [0.5, 0.6) is 0 Å². The molecule has 0 radical (unpaired) electrons. The summed E-state index contributed by atoms with van der Waals surface area (Å²) in [6.45, 7) is 3.33. The standard InChI is InChI=1S/C15H17N7O/c1-2-21-10-13(9-18-21)8-16-15(23)7-12-3-5-14(6-4-12)22-11-17-19-20-22/h3-6,9-11H,2,7-8H2,1H3,(H,16,23). The van der Waals surface area contributed by atoms with Crippen molar-refractivity contribution in [2.75, 3.05) is 0 Å². The van der Waals surface area contributed by atoms with Crippen molar-refractivity contribution in [3.8, 4) is 5.69 Å². The summed E-state index contributed by atoms with van der Waals surface area (Å²) in [4.78, 5) is 12.0. The van der Waals surface area contributed by atoms with Gasteiger partial charge in [0.25, 0.3) is 0 Å². The number of carbonyl (C=O) groups excluding carboxylic acids is 1. The minimum absolute atomic E-state index is 0.0237. The van der Waals surface area contributed by atoms with E-state index < -0.39 is 0 Å². The summed E-state index contributed by atoms with van der Waals surface area (Å²) in [6.07, 6.45) is 5.56. The average Bonchev–Trinajstić information content (AvgIpc) is 3.25. The van der Waals surface area contributed by atoms with Crippen LogP contribution >= 0.6 is 0 Å². The number of amides is 1. The van der Waals surface area contributed by atoms with Gasteiger partial charge in [0.05, 0.1) is 18.3 Å². The van der Waals surface area contributed by atoms with Gasteiger partial charge in [-0.05, 0) is 35.0 Å². The molecule has 8 nitrogen and oxygen atoms in total. The monoisotopic (exact) mass is 311 g/mol. The number of nitrogens with one attached hydrogen (secondary N) is 1. The van der Waals surface area contributed by atoms with Crippen LogP contribution in [-0.4, -0.2) is 35.9 Å². The highest BCUT2D eigenvalue weighted by Gasteiger charge is 2.05. The first-order valence-electron chi connectivity index (χ1n) is 7.35. The summed E-state index contributed by atoms with van der Waals surface area (Å²) in [6, 6.07) is 7.55. The molecule has 0 atom stereocenters. The lowest BCUT2D eigenvalue weighted by Gasteiger charge is -2.05. The molecular formula is C15H17N7O. The van der Waals surface area contributed by atoms with Crippen LogP contribution < -0.4 is 5.32 Å². The van der Waals surface area contributed by atoms with E-state index >= 15 is 0 Å². The van der Waals surface area contributed by atoms with Crippen LogP contribution in [0.25, 0.3) is 5.69 Å². The van der Waals surface area contributed by atoms with Crippen LogP contribution in [0.15, 0.2) is 43.0 Å². The summed E-state index contributed by atoms with van der Waals surface area (Å²) >= 11 is 0. The molecule has 0 spiro atoms. The molecule has 3 rings (SSSR count). The molecule has 1 aromatic carbocycles. The van der Waals surface area contributed by atoms with Gasteiger partial charge < -0.3 is 5.32 Å². The smallest absolute Gasteiger partial charge is 0.224 e. The fourth-order valence-electron chi connectivity index (χ4n) is 2.17. The van der Waals surface area contributed by atoms with Gasteiger partial charge in [0, 0.05) is 24.8 Å². The van der Waals surface area contributed by atoms with Crippen molar-refractivity contribution in [2.45, 2.75) is 26.4 Å². The summed E-state index contributed by atoms with van der Waals surface area (Å²) in [5, 5.41) is 18.1. The number of aromatic nitrogens is 6. The number of hydrogen-bond donors (Lipinski definition) is 1. The van der Waals surface area contributed by atoms with E-state index in [1.54, 1.807) is 10.9 Å². The molecule has 0 saturated carbocycles. The summed E-state index contributed by atoms with van der Waals surface area (Å²) < 4.78 is 3.40. The van der Waals surface area contributed by atoms with Crippen LogP contribution in [0.3, 0.4) is 0 Å². The third kappa shape index (κ3) is 3.79. The van der Waals surface area contributed by atoms with Crippen LogP contribution in [0, 0.1) is 0 Å². The van der Waals surface area contributed by atoms with Crippen molar-refractivity contribution in [3.63, 3.8) is 0 Å². The maximum atomic E-state index is 12.0. The quantitative estimate of drug-likeness (QED) is 0.725. The first kappa shape index (κ1) is 14.9. The third-order valence-corrected chi connectivity index (χ3v) is 3.41. The molecule has 0 aliphatic rings. The Morgan fingerprint density at radius 3 is 2.70 bits per heavy atom. The Morgan fingerprint density at radius 2 is 2.04 bits per heavy atom. The Labute approximate surface area is 133 Å². The van der Waals surface area contributed by atoms with Crippen molar-refractivity contribution in [1.82, 2.24) is 35.3 Å². The largest absolute Gasteiger partial charge is 0.352 e. The fourth-order valence-corrected chi connectivity index (χ4v) is 2.17. The normalized spacial score (nSPS) is 10.7. The van der Waals surface area contributed by atoms with Gasteiger partial charge >= 0.3 is 0 Å². The van der Waals surface area contributed by atoms with Gasteiger partial charge in [-0.3, -0.25) is 9.48 Å². The van der Waals surface area contributed by atoms with Gasteiger partial charge in [-0.2, -0.15) is 5.10 Å². The van der Waals surface area contributed by atoms with Crippen molar-refractivity contribution >= 4 is 5.91 Å². The molecule has 0 aliphatic carbocycles. The van der Waals surface area contributed by atoms with E-state index in [4.69, 9.17) is 0 Å². The maximum absolute atomic E-state index is 12.0. The lowest BCUT2D eigenvalue weighted by atomic mass is 10.1. The number of rotatable bonds is 6. The van der Waals surface area contributed by atoms with Gasteiger partial charge in [0.15, 0.2) is 0 Å². The van der Waals surface area contributed by atoms with Gasteiger partial charge in [0.1, 0.15) is 6.33 Å². The molecular weight excluding hydrogens is 294 g/mol. The molecule has 118 valence electrons. The minimum atomic E-state index is -0.0237. The second-order valence-electron chi connectivity index (χ2n) is 5.08. The average molecular weight is 311 g/mol. The number of tetrazole rings is 1. The van der Waals surface area contributed by atoms with Gasteiger partial charge in [-0.1, -0.05) is 12.1 Å². The maximum Gasteiger partial charge on any atom is 0.224 e. The van der Waals surface area contributed by atoms with Gasteiger partial charge in [-0.15, -0.1) is 5.10 Å². The van der Waals surface area contributed by atoms with E-state index in [1.807, 2.05) is 42.1 Å². The zero-order chi connectivity index (χ0) is 16.1. The predicted molar refractivity (Wildman–Crippen MR) is 82.6 cm³/mol. The second kappa shape index (κ2) is 6.82. The van der Waals surface area contributed by atoms with E-state index in [0.717, 1.165) is 23.4 Å². The van der Waals surface area contributed by atoms with Crippen LogP contribution in [0.2, 0.25) is 0 Å². The molecule has 0 aliphatic heterocycles. The molecule has 0 bridgehead atoms. The highest BCUT2D eigenvalue weighted by atomic mass is 16.1. The Morgan fingerprint density at radius 1 is 1.22 bits per heavy atom. The van der Waals surface area contributed by atoms with E-state index in [2.05, 4.69) is 25.9 Å². The van der Waals surface area contributed by atoms with Crippen LogP contribution in [0.4, 0.5) is 0 Å². The van der Waals surface area contributed by atoms with E-state index in [9.17, 15) is 4.79 Å². The lowest BCUT2D eigenvalue weighted by molar-refractivity contribution is -0.120. The molecule has 2 aromatic heterocycles. The molecule has 23 heavy (non-hydrogen) atoms. The topological polar surface area (TPSA) is 90.5 Å². The molecule has 0 fully saturated rings. The highest BCUT2D eigenvalue weighted by molar-refractivity contribution is 5.78. The fraction of sp³-hybridized carbons (Fsp3) is 0.267. The predicted octanol–water partition coefficient (Wildman–Crippen LogP) is 0.738. The molecule has 2 heterocycles. The summed E-state index contributed by atoms with van der Waals surface area (Å²) in [5.41, 5.74) is 2.78. The van der Waals surface area contributed by atoms with Crippen LogP contribution in [-0.2, 0) is 24.3 Å². The Balaban J connectivity index is 1.53. The number of benzene rings is 1. The number of aryl methyl sites for hydroxylation is 1. The van der Waals surface area contributed by atoms with E-state index in [-0.39, 0.29) is 5.91 Å². The van der Waals surface area contributed by atoms with Crippen molar-refractivity contribution in [1.29, 1.82) is 0 Å². The first-order valence-corrected chi connectivity index (χ1v) is 7.35. The second-order valence-corrected chi connectivity index (χ2v) is 5.08. The van der Waals surface area contributed by atoms with Gasteiger partial charge in [0.2, 0.25) is 5.91 Å². The summed E-state index contributed by atoms with van der Waals surface area (Å²) in [7, 11) is 0. The summed E-state index contributed by atoms with van der Waals surface area (Å²) in [5.74, 6) is -0.0237. The number of hydrogen-bond acceptors (Lipinski definition) is 5. The molecule has 0 unspecified atom stereocenters. The molecule has 1 amide bonds. The Bertz CT molecular complexity index is 761. The SMILES string of the molecule is CCn1cc(CNC(=O)Cc2ccc(-n3cnnn3)cc2)cn1. The Hall–Kier alpha value is -3.03. The Kier molecular flexibility index (Phi) is 4.41. The number of nitrogens with zero attached hydrogens (tertiary/aromatic N) is 6. The lowest BCUT2D eigenvalue weighted by Crippen LogP contribution is -2.24. The number of carbonyl (C=O) groups is 1. The van der Waals surface area contributed by atoms with Crippen molar-refractivity contribution in [2.24, 2.45) is 0 Å². The minimum Gasteiger partial charge on any atom is -0.352 e. The highest BCUT2D eigenvalue weighted by Crippen LogP contribution is 2.08.